The molecule has 0 aromatic carbocycles. The van der Waals surface area contributed by atoms with Gasteiger partial charge in [-0.1, -0.05) is 52.4 Å². The third-order valence-electron chi connectivity index (χ3n) is 6.41. The van der Waals surface area contributed by atoms with E-state index in [1.165, 1.54) is 25.7 Å². The van der Waals surface area contributed by atoms with E-state index in [4.69, 9.17) is 9.47 Å². The molecule has 1 aliphatic rings. The second-order valence-electron chi connectivity index (χ2n) is 10.4. The zero-order chi connectivity index (χ0) is 23.2. The fourth-order valence-corrected chi connectivity index (χ4v) is 4.60. The van der Waals surface area contributed by atoms with Gasteiger partial charge < -0.3 is 9.47 Å². The van der Waals surface area contributed by atoms with Crippen LogP contribution in [0.2, 0.25) is 0 Å². The summed E-state index contributed by atoms with van der Waals surface area (Å²) in [5, 5.41) is 0. The van der Waals surface area contributed by atoms with Gasteiger partial charge in [-0.3, -0.25) is 9.59 Å². The van der Waals surface area contributed by atoms with Crippen molar-refractivity contribution in [2.24, 2.45) is 17.8 Å². The molecule has 182 valence electrons. The predicted octanol–water partition coefficient (Wildman–Crippen LogP) is 6.93. The van der Waals surface area contributed by atoms with Crippen LogP contribution in [-0.4, -0.2) is 36.5 Å². The van der Waals surface area contributed by atoms with Gasteiger partial charge in [-0.15, -0.1) is 0 Å². The Labute approximate surface area is 192 Å². The highest BCUT2D eigenvalue weighted by molar-refractivity contribution is 5.81. The number of rotatable bonds is 18. The number of ketones is 2. The van der Waals surface area contributed by atoms with Crippen molar-refractivity contribution in [3.63, 3.8) is 0 Å². The summed E-state index contributed by atoms with van der Waals surface area (Å²) in [4.78, 5) is 24.5. The lowest BCUT2D eigenvalue weighted by Crippen LogP contribution is -2.24. The standard InChI is InChI=1S/C27H50O4/c1-20(2)26(28)15-13-11-9-7-8-10-12-14-16-27(29)25-18-24(31-22(5)6)17-23(25)19-30-21(3)4/h20-25H,7-19H2,1-6H3/t23-,24+,25?/m0/s1. The maximum Gasteiger partial charge on any atom is 0.136 e. The van der Waals surface area contributed by atoms with Gasteiger partial charge in [0.25, 0.3) is 0 Å². The molecule has 3 atom stereocenters. The molecule has 0 aromatic heterocycles. The van der Waals surface area contributed by atoms with Gasteiger partial charge in [-0.2, -0.15) is 0 Å². The molecule has 31 heavy (non-hydrogen) atoms. The van der Waals surface area contributed by atoms with Crippen molar-refractivity contribution in [2.45, 2.75) is 137 Å². The highest BCUT2D eigenvalue weighted by Crippen LogP contribution is 2.36. The van der Waals surface area contributed by atoms with Crippen LogP contribution in [0.5, 0.6) is 0 Å². The lowest BCUT2D eigenvalue weighted by molar-refractivity contribution is -0.125. The summed E-state index contributed by atoms with van der Waals surface area (Å²) < 4.78 is 11.9. The van der Waals surface area contributed by atoms with Crippen LogP contribution in [0.25, 0.3) is 0 Å². The second-order valence-corrected chi connectivity index (χ2v) is 10.4. The second kappa shape index (κ2) is 16.0. The highest BCUT2D eigenvalue weighted by Gasteiger charge is 2.39. The highest BCUT2D eigenvalue weighted by atomic mass is 16.5. The molecule has 1 saturated carbocycles. The minimum absolute atomic E-state index is 0.107. The molecular formula is C27H50O4. The van der Waals surface area contributed by atoms with E-state index >= 15 is 0 Å². The van der Waals surface area contributed by atoms with Crippen molar-refractivity contribution in [1.29, 1.82) is 0 Å². The van der Waals surface area contributed by atoms with Crippen LogP contribution in [0.3, 0.4) is 0 Å². The van der Waals surface area contributed by atoms with E-state index in [1.807, 2.05) is 13.8 Å². The fraction of sp³-hybridized carbons (Fsp3) is 0.926. The summed E-state index contributed by atoms with van der Waals surface area (Å²) in [6.07, 6.45) is 13.1. The van der Waals surface area contributed by atoms with Gasteiger partial charge in [0, 0.05) is 24.7 Å². The Morgan fingerprint density at radius 1 is 0.742 bits per heavy atom. The number of carbonyl (C=O) groups excluding carboxylic acids is 2. The smallest absolute Gasteiger partial charge is 0.136 e. The summed E-state index contributed by atoms with van der Waals surface area (Å²) in [6, 6.07) is 0. The van der Waals surface area contributed by atoms with Crippen LogP contribution >= 0.6 is 0 Å². The first-order valence-electron chi connectivity index (χ1n) is 13.0. The fourth-order valence-electron chi connectivity index (χ4n) is 4.60. The third kappa shape index (κ3) is 12.8. The zero-order valence-corrected chi connectivity index (χ0v) is 21.3. The van der Waals surface area contributed by atoms with Crippen LogP contribution < -0.4 is 0 Å². The van der Waals surface area contributed by atoms with Crippen molar-refractivity contribution < 1.29 is 19.1 Å². The molecule has 1 rings (SSSR count). The number of unbranched alkanes of at least 4 members (excludes halogenated alkanes) is 7. The van der Waals surface area contributed by atoms with E-state index in [2.05, 4.69) is 27.7 Å². The monoisotopic (exact) mass is 438 g/mol. The Bertz CT molecular complexity index is 497. The van der Waals surface area contributed by atoms with E-state index < -0.39 is 0 Å². The minimum atomic E-state index is 0.107. The van der Waals surface area contributed by atoms with E-state index in [0.717, 1.165) is 44.9 Å². The van der Waals surface area contributed by atoms with Crippen LogP contribution in [-0.2, 0) is 19.1 Å². The Kier molecular flexibility index (Phi) is 14.6. The first-order valence-corrected chi connectivity index (χ1v) is 13.0. The first kappa shape index (κ1) is 28.3. The molecule has 4 heteroatoms. The Morgan fingerprint density at radius 2 is 1.29 bits per heavy atom. The maximum atomic E-state index is 12.9. The van der Waals surface area contributed by atoms with Gasteiger partial charge in [-0.25, -0.2) is 0 Å². The number of ether oxygens (including phenoxy) is 2. The average molecular weight is 439 g/mol. The topological polar surface area (TPSA) is 52.6 Å². The molecule has 1 aliphatic carbocycles. The molecule has 0 bridgehead atoms. The molecule has 0 spiro atoms. The van der Waals surface area contributed by atoms with Crippen molar-refractivity contribution in [3.8, 4) is 0 Å². The zero-order valence-electron chi connectivity index (χ0n) is 21.3. The van der Waals surface area contributed by atoms with E-state index in [1.54, 1.807) is 0 Å². The SMILES string of the molecule is CC(C)OC[C@@H]1C[C@@H](OC(C)C)CC1C(=O)CCCCCCCCCCC(=O)C(C)C. The van der Waals surface area contributed by atoms with Gasteiger partial charge >= 0.3 is 0 Å². The van der Waals surface area contributed by atoms with Gasteiger partial charge in [0.05, 0.1) is 24.9 Å². The maximum absolute atomic E-state index is 12.9. The number of Topliss-reactive ketones (excluding diaryl/α,β-unsaturated/α-hetero) is 2. The number of hydrogen-bond donors (Lipinski definition) is 0. The van der Waals surface area contributed by atoms with E-state index in [-0.39, 0.29) is 30.1 Å². The summed E-state index contributed by atoms with van der Waals surface area (Å²) in [5.74, 6) is 1.41. The predicted molar refractivity (Wildman–Crippen MR) is 128 cm³/mol. The van der Waals surface area contributed by atoms with E-state index in [0.29, 0.717) is 30.5 Å². The van der Waals surface area contributed by atoms with Gasteiger partial charge in [-0.05, 0) is 59.3 Å². The minimum Gasteiger partial charge on any atom is -0.378 e. The molecular weight excluding hydrogens is 388 g/mol. The Balaban J connectivity index is 2.18. The molecule has 0 aliphatic heterocycles. The Morgan fingerprint density at radius 3 is 1.81 bits per heavy atom. The van der Waals surface area contributed by atoms with Crippen molar-refractivity contribution in [3.05, 3.63) is 0 Å². The van der Waals surface area contributed by atoms with Gasteiger partial charge in [0.15, 0.2) is 0 Å². The van der Waals surface area contributed by atoms with Crippen molar-refractivity contribution in [2.75, 3.05) is 6.61 Å². The summed E-state index contributed by atoms with van der Waals surface area (Å²) in [5.41, 5.74) is 0. The lowest BCUT2D eigenvalue weighted by atomic mass is 9.89. The van der Waals surface area contributed by atoms with Crippen LogP contribution in [0.15, 0.2) is 0 Å². The molecule has 0 amide bonds. The quantitative estimate of drug-likeness (QED) is 0.218. The summed E-state index contributed by atoms with van der Waals surface area (Å²) in [6.45, 7) is 12.9. The molecule has 4 nitrogen and oxygen atoms in total. The lowest BCUT2D eigenvalue weighted by Gasteiger charge is -2.19. The number of hydrogen-bond acceptors (Lipinski definition) is 4. The van der Waals surface area contributed by atoms with Gasteiger partial charge in [0.2, 0.25) is 0 Å². The Hall–Kier alpha value is -0.740. The molecule has 0 saturated heterocycles. The van der Waals surface area contributed by atoms with Crippen molar-refractivity contribution >= 4 is 11.6 Å². The van der Waals surface area contributed by atoms with Crippen LogP contribution in [0.1, 0.15) is 119 Å². The number of carbonyl (C=O) groups is 2. The normalized spacial score (nSPS) is 21.5. The van der Waals surface area contributed by atoms with E-state index in [9.17, 15) is 9.59 Å². The molecule has 0 N–H and O–H groups in total. The first-order chi connectivity index (χ1) is 14.7. The molecule has 0 radical (unpaired) electrons. The molecule has 0 aromatic rings. The summed E-state index contributed by atoms with van der Waals surface area (Å²) in [7, 11) is 0. The van der Waals surface area contributed by atoms with Crippen LogP contribution in [0, 0.1) is 17.8 Å². The summed E-state index contributed by atoms with van der Waals surface area (Å²) >= 11 is 0. The molecule has 1 unspecified atom stereocenters. The average Bonchev–Trinajstić information content (AvgIpc) is 3.09. The van der Waals surface area contributed by atoms with Crippen molar-refractivity contribution in [1.82, 2.24) is 0 Å². The van der Waals surface area contributed by atoms with Crippen LogP contribution in [0.4, 0.5) is 0 Å². The largest absolute Gasteiger partial charge is 0.378 e. The third-order valence-corrected chi connectivity index (χ3v) is 6.41. The van der Waals surface area contributed by atoms with Gasteiger partial charge in [0.1, 0.15) is 11.6 Å². The molecule has 1 fully saturated rings. The molecule has 0 heterocycles.